The predicted octanol–water partition coefficient (Wildman–Crippen LogP) is -15.5. The zero-order valence-corrected chi connectivity index (χ0v) is 43.2. The van der Waals surface area contributed by atoms with Crippen molar-refractivity contribution in [1.29, 1.82) is 0 Å². The SMILES string of the molecule is COCCNC(=O)CN(CCN(CCN(CC(=O)[O-])CC(=O)NCCOC)CC(=O)[O-])CC(=O)[O-].O=C([O-])CN1CCN(CC(=O)[O-])CCN(C(CO)C(O)CO)CCN(CC(=O)[O-])CC1.[Ga+3].[Gd+3]. The molecule has 0 aromatic carbocycles. The van der Waals surface area contributed by atoms with E-state index in [-0.39, 0.29) is 184 Å². The van der Waals surface area contributed by atoms with E-state index in [1.54, 1.807) is 14.7 Å². The first-order chi connectivity index (χ1) is 31.2. The van der Waals surface area contributed by atoms with E-state index in [9.17, 15) is 84.3 Å². The summed E-state index contributed by atoms with van der Waals surface area (Å²) in [6.45, 7) is -1.78. The summed E-state index contributed by atoms with van der Waals surface area (Å²) < 4.78 is 9.64. The molecule has 68 heavy (non-hydrogen) atoms. The van der Waals surface area contributed by atoms with Gasteiger partial charge in [-0.15, -0.1) is 0 Å². The van der Waals surface area contributed by atoms with E-state index < -0.39 is 106 Å². The zero-order chi connectivity index (χ0) is 50.0. The van der Waals surface area contributed by atoms with Crippen molar-refractivity contribution < 1.29 is 134 Å². The fourth-order valence-corrected chi connectivity index (χ4v) is 6.42. The van der Waals surface area contributed by atoms with Crippen molar-refractivity contribution in [2.45, 2.75) is 12.1 Å². The van der Waals surface area contributed by atoms with Crippen LogP contribution in [0, 0.1) is 39.9 Å². The van der Waals surface area contributed by atoms with Crippen LogP contribution in [0.3, 0.4) is 0 Å². The van der Waals surface area contributed by atoms with E-state index >= 15 is 0 Å². The maximum atomic E-state index is 12.0. The molecule has 1 aliphatic heterocycles. The average molecular weight is 1180 g/mol. The molecule has 1 aliphatic rings. The van der Waals surface area contributed by atoms with Gasteiger partial charge in [-0.3, -0.25) is 43.9 Å². The molecule has 28 nitrogen and oxygen atoms in total. The summed E-state index contributed by atoms with van der Waals surface area (Å²) in [6, 6.07) is -0.836. The second-order valence-electron chi connectivity index (χ2n) is 15.0. The number of methoxy groups -OCH3 is 2. The van der Waals surface area contributed by atoms with E-state index in [0.29, 0.717) is 0 Å². The van der Waals surface area contributed by atoms with Crippen molar-refractivity contribution in [2.24, 2.45) is 0 Å². The maximum absolute atomic E-state index is 12.0. The molecule has 1 saturated heterocycles. The molecule has 0 spiro atoms. The number of ether oxygens (including phenoxy) is 2. The third-order valence-corrected chi connectivity index (χ3v) is 9.73. The fraction of sp³-hybridized carbons (Fsp3) is 0.789. The van der Waals surface area contributed by atoms with Gasteiger partial charge in [0.15, 0.2) is 0 Å². The number of rotatable bonds is 32. The summed E-state index contributed by atoms with van der Waals surface area (Å²) in [5, 5.41) is 101. The molecule has 1 heterocycles. The van der Waals surface area contributed by atoms with Crippen LogP contribution in [0.4, 0.5) is 0 Å². The summed E-state index contributed by atoms with van der Waals surface area (Å²) in [5.41, 5.74) is 0. The zero-order valence-electron chi connectivity index (χ0n) is 38.5. The molecule has 30 heteroatoms. The molecule has 0 aliphatic carbocycles. The molecule has 1 fully saturated rings. The average Bonchev–Trinajstić information content (AvgIpc) is 3.21. The Kier molecular flexibility index (Phi) is 42.9. The first kappa shape index (κ1) is 69.5. The van der Waals surface area contributed by atoms with Crippen molar-refractivity contribution >= 4 is 67.4 Å². The van der Waals surface area contributed by atoms with Crippen LogP contribution in [-0.4, -0.2) is 314 Å². The molecule has 0 aromatic rings. The third-order valence-electron chi connectivity index (χ3n) is 9.73. The van der Waals surface area contributed by atoms with Crippen molar-refractivity contribution in [3.05, 3.63) is 0 Å². The van der Waals surface area contributed by atoms with Gasteiger partial charge in [0.25, 0.3) is 0 Å². The van der Waals surface area contributed by atoms with Crippen molar-refractivity contribution in [1.82, 2.24) is 44.9 Å². The molecule has 0 saturated carbocycles. The van der Waals surface area contributed by atoms with Gasteiger partial charge in [0.05, 0.1) is 87.5 Å². The number of aliphatic carboxylic acids is 6. The van der Waals surface area contributed by atoms with Crippen LogP contribution < -0.4 is 41.3 Å². The van der Waals surface area contributed by atoms with Gasteiger partial charge in [0.2, 0.25) is 11.8 Å². The Bertz CT molecular complexity index is 1400. The van der Waals surface area contributed by atoms with Gasteiger partial charge < -0.3 is 94.8 Å². The molecular formula is C38H65GaGdN9O19. The Morgan fingerprint density at radius 3 is 1.10 bits per heavy atom. The van der Waals surface area contributed by atoms with Crippen molar-refractivity contribution in [3.63, 3.8) is 0 Å². The summed E-state index contributed by atoms with van der Waals surface area (Å²) in [5.74, 6) is -9.05. The van der Waals surface area contributed by atoms with Crippen LogP contribution in [0.1, 0.15) is 0 Å². The van der Waals surface area contributed by atoms with E-state index in [2.05, 4.69) is 10.6 Å². The monoisotopic (exact) mass is 1180 g/mol. The molecule has 387 valence electrons. The Morgan fingerprint density at radius 1 is 0.515 bits per heavy atom. The number of carboxylic acids is 6. The van der Waals surface area contributed by atoms with Gasteiger partial charge in [-0.05, 0) is 0 Å². The van der Waals surface area contributed by atoms with Gasteiger partial charge >= 0.3 is 59.7 Å². The molecule has 1 rings (SSSR count). The molecule has 1 radical (unpaired) electrons. The quantitative estimate of drug-likeness (QED) is 0.0308. The third kappa shape index (κ3) is 37.1. The topological polar surface area (TPSA) is 401 Å². The number of amides is 2. The number of hydrogen-bond donors (Lipinski definition) is 5. The van der Waals surface area contributed by atoms with Gasteiger partial charge in [-0.25, -0.2) is 0 Å². The van der Waals surface area contributed by atoms with Gasteiger partial charge in [-0.2, -0.15) is 0 Å². The molecule has 5 N–H and O–H groups in total. The summed E-state index contributed by atoms with van der Waals surface area (Å²) >= 11 is 0. The van der Waals surface area contributed by atoms with Crippen LogP contribution in [-0.2, 0) is 47.8 Å². The fourth-order valence-electron chi connectivity index (χ4n) is 6.42. The number of carbonyl (C=O) groups is 8. The predicted molar refractivity (Wildman–Crippen MR) is 220 cm³/mol. The normalized spacial score (nSPS) is 15.3. The molecule has 2 amide bonds. The number of aliphatic hydroxyl groups excluding tert-OH is 3. The van der Waals surface area contributed by atoms with Crippen molar-refractivity contribution in [2.75, 3.05) is 185 Å². The molecular weight excluding hydrogens is 1110 g/mol. The number of aliphatic hydroxyl groups is 3. The Labute approximate surface area is 440 Å². The van der Waals surface area contributed by atoms with Crippen LogP contribution in [0.5, 0.6) is 0 Å². The summed E-state index contributed by atoms with van der Waals surface area (Å²) in [4.78, 5) is 101. The van der Waals surface area contributed by atoms with Gasteiger partial charge in [0.1, 0.15) is 0 Å². The standard InChI is InChI=1S/C20H37N5O10.C18H34N4O9.Ga.Gd/c1-34-9-3-21-16(26)11-24(14-19(30)31)7-5-23(13-18(28)29)6-8-25(15-20(32)33)12-17(27)22-4-10-35-2;23-12-14(15(25)13-24)22-7-5-20(10-17(28)29)3-1-19(9-16(26)27)2-4-21(6-8-22)11-18(30)31;;/h3-15H2,1-2H3,(H,21,26)(H,22,27)(H,28,29)(H,30,31)(H,32,33);14-15,23-25H,1-13H2,(H,26,27)(H,28,29)(H,30,31);;/q;;2*+3/p-6. The van der Waals surface area contributed by atoms with E-state index in [1.807, 2.05) is 0 Å². The minimum Gasteiger partial charge on any atom is -0.549 e. The van der Waals surface area contributed by atoms with Crippen LogP contribution in [0.2, 0.25) is 0 Å². The van der Waals surface area contributed by atoms with Gasteiger partial charge in [-0.1, -0.05) is 0 Å². The minimum absolute atomic E-state index is 0. The first-order valence-electron chi connectivity index (χ1n) is 20.9. The minimum atomic E-state index is -1.42. The number of nitrogens with one attached hydrogen (secondary N) is 2. The number of hydrogen-bond acceptors (Lipinski definition) is 26. The number of nitrogens with zero attached hydrogens (tertiary/aromatic N) is 7. The number of carboxylic acid groups (broad SMARTS) is 6. The second-order valence-corrected chi connectivity index (χ2v) is 15.0. The van der Waals surface area contributed by atoms with E-state index in [4.69, 9.17) is 9.47 Å². The summed E-state index contributed by atoms with van der Waals surface area (Å²) in [6.07, 6.45) is -1.25. The molecule has 0 aromatic heterocycles. The maximum Gasteiger partial charge on any atom is 3.00 e. The Hall–Kier alpha value is -2.76. The Balaban J connectivity index is -0.00000121. The molecule has 0 bridgehead atoms. The van der Waals surface area contributed by atoms with Crippen molar-refractivity contribution in [3.8, 4) is 0 Å². The van der Waals surface area contributed by atoms with E-state index in [0.717, 1.165) is 0 Å². The van der Waals surface area contributed by atoms with E-state index in [1.165, 1.54) is 33.8 Å². The smallest absolute Gasteiger partial charge is 0.549 e. The number of carbonyl (C=O) groups excluding carboxylic acids is 8. The van der Waals surface area contributed by atoms with Crippen LogP contribution >= 0.6 is 0 Å². The Morgan fingerprint density at radius 2 is 0.824 bits per heavy atom. The second kappa shape index (κ2) is 42.0. The van der Waals surface area contributed by atoms with Gasteiger partial charge in [0, 0.05) is 145 Å². The van der Waals surface area contributed by atoms with Crippen LogP contribution in [0.25, 0.3) is 0 Å². The van der Waals surface area contributed by atoms with Crippen LogP contribution in [0.15, 0.2) is 0 Å². The molecule has 2 atom stereocenters. The summed E-state index contributed by atoms with van der Waals surface area (Å²) in [7, 11) is 2.92. The molecule has 2 unspecified atom stereocenters. The first-order valence-corrected chi connectivity index (χ1v) is 20.9. The largest absolute Gasteiger partial charge is 3.00 e.